The number of allylic oxidation sites excluding steroid dienone is 1. The number of urea groups is 1. The number of nitrogens with one attached hydrogen (secondary N) is 2. The van der Waals surface area contributed by atoms with Crippen LogP contribution in [0.4, 0.5) is 4.79 Å². The third-order valence-electron chi connectivity index (χ3n) is 5.49. The van der Waals surface area contributed by atoms with Crippen LogP contribution in [0, 0.1) is 0 Å². The van der Waals surface area contributed by atoms with Crippen molar-refractivity contribution in [3.05, 3.63) is 56.6 Å². The Labute approximate surface area is 169 Å². The van der Waals surface area contributed by atoms with Gasteiger partial charge < -0.3 is 10.6 Å². The molecule has 1 aromatic carbocycles. The predicted octanol–water partition coefficient (Wildman–Crippen LogP) is 6.02. The summed E-state index contributed by atoms with van der Waals surface area (Å²) in [4.78, 5) is 17.2. The number of benzene rings is 1. The maximum atomic E-state index is 12.2. The van der Waals surface area contributed by atoms with Gasteiger partial charge in [0.15, 0.2) is 0 Å². The summed E-state index contributed by atoms with van der Waals surface area (Å²) >= 11 is 7.74. The van der Waals surface area contributed by atoms with E-state index in [2.05, 4.69) is 22.9 Å². The van der Waals surface area contributed by atoms with Gasteiger partial charge in [-0.25, -0.2) is 9.78 Å². The average molecular weight is 402 g/mol. The number of nitrogens with zero attached hydrogens (tertiary/aromatic N) is 1. The molecule has 6 heteroatoms. The van der Waals surface area contributed by atoms with Crippen LogP contribution in [0.25, 0.3) is 5.57 Å². The summed E-state index contributed by atoms with van der Waals surface area (Å²) in [5.41, 5.74) is 4.25. The van der Waals surface area contributed by atoms with Crippen LogP contribution in [0.2, 0.25) is 5.02 Å². The zero-order valence-electron chi connectivity index (χ0n) is 15.4. The second-order valence-electron chi connectivity index (χ2n) is 7.24. The molecule has 0 radical (unpaired) electrons. The molecule has 4 rings (SSSR count). The second kappa shape index (κ2) is 8.03. The van der Waals surface area contributed by atoms with Gasteiger partial charge >= 0.3 is 6.03 Å². The van der Waals surface area contributed by atoms with Crippen molar-refractivity contribution in [2.24, 2.45) is 0 Å². The lowest BCUT2D eigenvalue weighted by Gasteiger charge is -2.29. The largest absolute Gasteiger partial charge is 0.327 e. The van der Waals surface area contributed by atoms with E-state index >= 15 is 0 Å². The van der Waals surface area contributed by atoms with Crippen LogP contribution >= 0.6 is 22.9 Å². The topological polar surface area (TPSA) is 54.0 Å². The molecule has 142 valence electrons. The average Bonchev–Trinajstić information content (AvgIpc) is 3.18. The monoisotopic (exact) mass is 401 g/mol. The molecular formula is C21H24ClN3OS. The lowest BCUT2D eigenvalue weighted by Crippen LogP contribution is -2.43. The van der Waals surface area contributed by atoms with Crippen molar-refractivity contribution in [2.75, 3.05) is 0 Å². The van der Waals surface area contributed by atoms with E-state index in [0.29, 0.717) is 10.9 Å². The fourth-order valence-electron chi connectivity index (χ4n) is 4.05. The van der Waals surface area contributed by atoms with Crippen molar-refractivity contribution < 1.29 is 4.79 Å². The van der Waals surface area contributed by atoms with Crippen molar-refractivity contribution in [1.82, 2.24) is 15.6 Å². The summed E-state index contributed by atoms with van der Waals surface area (Å²) in [6.45, 7) is 2.06. The number of carbonyl (C=O) groups is 1. The van der Waals surface area contributed by atoms with Crippen molar-refractivity contribution in [3.63, 3.8) is 0 Å². The fraction of sp³-hybridized carbons (Fsp3) is 0.429. The molecule has 4 nitrogen and oxygen atoms in total. The highest BCUT2D eigenvalue weighted by Crippen LogP contribution is 2.39. The lowest BCUT2D eigenvalue weighted by molar-refractivity contribution is 0.240. The van der Waals surface area contributed by atoms with Gasteiger partial charge in [0, 0.05) is 27.6 Å². The first-order chi connectivity index (χ1) is 13.2. The number of thiazole rings is 1. The highest BCUT2D eigenvalue weighted by molar-refractivity contribution is 7.10. The van der Waals surface area contributed by atoms with Crippen LogP contribution < -0.4 is 10.6 Å². The molecule has 1 fully saturated rings. The standard InChI is InChI=1S/C21H24ClN3OS/c1-2-16-18(20-23-17(12-27-20)13-6-4-3-5-7-13)19(25-21(26)24-16)14-8-10-15(22)11-9-14/h8-13,19H,2-7H2,1H3,(H2,24,25,26). The van der Waals surface area contributed by atoms with Gasteiger partial charge in [-0.1, -0.05) is 49.9 Å². The van der Waals surface area contributed by atoms with E-state index in [-0.39, 0.29) is 12.1 Å². The summed E-state index contributed by atoms with van der Waals surface area (Å²) in [5, 5.41) is 9.95. The molecule has 1 atom stereocenters. The van der Waals surface area contributed by atoms with E-state index in [9.17, 15) is 4.79 Å². The van der Waals surface area contributed by atoms with E-state index in [1.807, 2.05) is 24.3 Å². The van der Waals surface area contributed by atoms with Gasteiger partial charge in [0.05, 0.1) is 11.7 Å². The van der Waals surface area contributed by atoms with Gasteiger partial charge in [-0.05, 0) is 37.0 Å². The number of amides is 2. The van der Waals surface area contributed by atoms with Crippen LogP contribution in [-0.4, -0.2) is 11.0 Å². The Balaban J connectivity index is 1.72. The summed E-state index contributed by atoms with van der Waals surface area (Å²) in [6.07, 6.45) is 7.16. The van der Waals surface area contributed by atoms with Gasteiger partial charge in [0.2, 0.25) is 0 Å². The maximum Gasteiger partial charge on any atom is 0.319 e. The summed E-state index contributed by atoms with van der Waals surface area (Å²) in [5.74, 6) is 0.578. The molecule has 2 amide bonds. The highest BCUT2D eigenvalue weighted by atomic mass is 35.5. The Morgan fingerprint density at radius 3 is 2.63 bits per heavy atom. The molecule has 27 heavy (non-hydrogen) atoms. The molecule has 2 aromatic rings. The van der Waals surface area contributed by atoms with Crippen LogP contribution in [-0.2, 0) is 0 Å². The van der Waals surface area contributed by atoms with Crippen LogP contribution in [0.15, 0.2) is 35.3 Å². The number of hydrogen-bond acceptors (Lipinski definition) is 3. The van der Waals surface area contributed by atoms with Crippen molar-refractivity contribution >= 4 is 34.5 Å². The quantitative estimate of drug-likeness (QED) is 0.658. The third-order valence-corrected chi connectivity index (χ3v) is 6.63. The fourth-order valence-corrected chi connectivity index (χ4v) is 5.18. The van der Waals surface area contributed by atoms with Gasteiger partial charge in [-0.15, -0.1) is 11.3 Å². The zero-order valence-corrected chi connectivity index (χ0v) is 17.0. The minimum atomic E-state index is -0.212. The van der Waals surface area contributed by atoms with Gasteiger partial charge in [-0.3, -0.25) is 0 Å². The number of halogens is 1. The zero-order chi connectivity index (χ0) is 18.8. The van der Waals surface area contributed by atoms with Crippen LogP contribution in [0.3, 0.4) is 0 Å². The first kappa shape index (κ1) is 18.5. The second-order valence-corrected chi connectivity index (χ2v) is 8.54. The maximum absolute atomic E-state index is 12.2. The first-order valence-electron chi connectivity index (χ1n) is 9.67. The van der Waals surface area contributed by atoms with E-state index in [0.717, 1.165) is 28.3 Å². The molecule has 0 bridgehead atoms. The van der Waals surface area contributed by atoms with E-state index in [1.165, 1.54) is 37.8 Å². The third kappa shape index (κ3) is 3.90. The van der Waals surface area contributed by atoms with Gasteiger partial charge in [0.1, 0.15) is 5.01 Å². The Morgan fingerprint density at radius 2 is 1.93 bits per heavy atom. The Morgan fingerprint density at radius 1 is 1.19 bits per heavy atom. The molecule has 1 aliphatic carbocycles. The molecule has 1 unspecified atom stereocenters. The molecule has 2 aliphatic rings. The smallest absolute Gasteiger partial charge is 0.319 e. The molecule has 1 aliphatic heterocycles. The molecular weight excluding hydrogens is 378 g/mol. The van der Waals surface area contributed by atoms with Gasteiger partial charge in [-0.2, -0.15) is 0 Å². The van der Waals surface area contributed by atoms with E-state index < -0.39 is 0 Å². The number of hydrogen-bond donors (Lipinski definition) is 2. The lowest BCUT2D eigenvalue weighted by atomic mass is 9.87. The molecule has 0 spiro atoms. The minimum absolute atomic E-state index is 0.167. The van der Waals surface area contributed by atoms with E-state index in [1.54, 1.807) is 11.3 Å². The number of carbonyl (C=O) groups excluding carboxylic acids is 1. The molecule has 2 heterocycles. The molecule has 1 aromatic heterocycles. The Kier molecular flexibility index (Phi) is 5.50. The Bertz CT molecular complexity index is 853. The number of rotatable bonds is 4. The van der Waals surface area contributed by atoms with Gasteiger partial charge in [0.25, 0.3) is 0 Å². The normalized spacial score (nSPS) is 21.1. The molecule has 1 saturated carbocycles. The predicted molar refractivity (Wildman–Crippen MR) is 111 cm³/mol. The molecule has 2 N–H and O–H groups in total. The summed E-state index contributed by atoms with van der Waals surface area (Å²) < 4.78 is 0. The van der Waals surface area contributed by atoms with Crippen molar-refractivity contribution in [2.45, 2.75) is 57.4 Å². The first-order valence-corrected chi connectivity index (χ1v) is 10.9. The SMILES string of the molecule is CCC1=C(c2nc(C3CCCCC3)cs2)C(c2ccc(Cl)cc2)NC(=O)N1. The van der Waals surface area contributed by atoms with E-state index in [4.69, 9.17) is 16.6 Å². The van der Waals surface area contributed by atoms with Crippen LogP contribution in [0.5, 0.6) is 0 Å². The minimum Gasteiger partial charge on any atom is -0.327 e. The summed E-state index contributed by atoms with van der Waals surface area (Å²) in [7, 11) is 0. The highest BCUT2D eigenvalue weighted by Gasteiger charge is 2.31. The van der Waals surface area contributed by atoms with Crippen LogP contribution in [0.1, 0.15) is 73.7 Å². The molecule has 0 saturated heterocycles. The number of aromatic nitrogens is 1. The Hall–Kier alpha value is -1.85. The van der Waals surface area contributed by atoms with Crippen molar-refractivity contribution in [1.29, 1.82) is 0 Å². The van der Waals surface area contributed by atoms with Crippen molar-refractivity contribution in [3.8, 4) is 0 Å². The summed E-state index contributed by atoms with van der Waals surface area (Å²) in [6, 6.07) is 7.30.